The molecule has 0 fully saturated rings. The number of benzene rings is 4. The molecule has 0 saturated carbocycles. The van der Waals surface area contributed by atoms with E-state index in [4.69, 9.17) is 0 Å². The second kappa shape index (κ2) is 7.26. The molecule has 2 nitrogen and oxygen atoms in total. The lowest BCUT2D eigenvalue weighted by atomic mass is 9.99. The Balaban J connectivity index is 1.56. The average molecular weight is 396 g/mol. The van der Waals surface area contributed by atoms with E-state index >= 15 is 0 Å². The fraction of sp³-hybridized carbons (Fsp3) is 0. The van der Waals surface area contributed by atoms with Crippen LogP contribution in [0.3, 0.4) is 0 Å². The van der Waals surface area contributed by atoms with Crippen molar-refractivity contribution in [3.05, 3.63) is 121 Å². The first kappa shape index (κ1) is 17.7. The van der Waals surface area contributed by atoms with Gasteiger partial charge in [0.15, 0.2) is 0 Å². The van der Waals surface area contributed by atoms with E-state index in [1.807, 2.05) is 18.3 Å². The molecule has 0 unspecified atom stereocenters. The van der Waals surface area contributed by atoms with Crippen molar-refractivity contribution in [2.75, 3.05) is 0 Å². The Bertz CT molecular complexity index is 1510. The largest absolute Gasteiger partial charge is 0.309 e. The summed E-state index contributed by atoms with van der Waals surface area (Å²) in [6, 6.07) is 40.6. The molecule has 146 valence electrons. The number of aromatic nitrogens is 2. The normalized spacial score (nSPS) is 11.2. The number of hydrogen-bond acceptors (Lipinski definition) is 1. The summed E-state index contributed by atoms with van der Waals surface area (Å²) >= 11 is 0. The molecule has 0 aliphatic rings. The van der Waals surface area contributed by atoms with Gasteiger partial charge in [-0.25, -0.2) is 0 Å². The smallest absolute Gasteiger partial charge is 0.0702 e. The lowest BCUT2D eigenvalue weighted by molar-refractivity contribution is 1.18. The third-order valence-corrected chi connectivity index (χ3v) is 5.84. The fourth-order valence-corrected chi connectivity index (χ4v) is 4.40. The van der Waals surface area contributed by atoms with E-state index < -0.39 is 0 Å². The molecule has 0 bridgehead atoms. The minimum atomic E-state index is 0.992. The van der Waals surface area contributed by atoms with E-state index in [9.17, 15) is 0 Å². The molecule has 0 spiro atoms. The van der Waals surface area contributed by atoms with E-state index in [0.717, 1.165) is 11.3 Å². The summed E-state index contributed by atoms with van der Waals surface area (Å²) in [5.74, 6) is 0. The summed E-state index contributed by atoms with van der Waals surface area (Å²) in [4.78, 5) is 4.51. The maximum atomic E-state index is 4.51. The lowest BCUT2D eigenvalue weighted by Gasteiger charge is -2.09. The second-order valence-corrected chi connectivity index (χ2v) is 7.72. The quantitative estimate of drug-likeness (QED) is 0.303. The van der Waals surface area contributed by atoms with Crippen molar-refractivity contribution in [3.63, 3.8) is 0 Å². The zero-order valence-electron chi connectivity index (χ0n) is 16.9. The van der Waals surface area contributed by atoms with Crippen LogP contribution in [0.5, 0.6) is 0 Å². The number of fused-ring (bicyclic) bond motifs is 3. The average Bonchev–Trinajstić information content (AvgIpc) is 3.19. The zero-order valence-corrected chi connectivity index (χ0v) is 16.9. The molecule has 6 rings (SSSR count). The minimum absolute atomic E-state index is 0.992. The number of rotatable bonds is 3. The lowest BCUT2D eigenvalue weighted by Crippen LogP contribution is -1.92. The van der Waals surface area contributed by atoms with Crippen LogP contribution in [-0.2, 0) is 0 Å². The van der Waals surface area contributed by atoms with E-state index in [-0.39, 0.29) is 0 Å². The Morgan fingerprint density at radius 3 is 2.10 bits per heavy atom. The van der Waals surface area contributed by atoms with Gasteiger partial charge >= 0.3 is 0 Å². The van der Waals surface area contributed by atoms with E-state index in [1.165, 1.54) is 38.6 Å². The molecule has 0 aliphatic heterocycles. The van der Waals surface area contributed by atoms with Crippen LogP contribution in [0.25, 0.3) is 49.9 Å². The predicted octanol–water partition coefficient (Wildman–Crippen LogP) is 7.51. The van der Waals surface area contributed by atoms with E-state index in [1.54, 1.807) is 0 Å². The highest BCUT2D eigenvalue weighted by Crippen LogP contribution is 2.35. The highest BCUT2D eigenvalue weighted by molar-refractivity contribution is 6.10. The standard InChI is InChI=1S/C29H20N2/c1-2-11-24(12-3-1)31-28-15-5-4-13-25(28)26-20-22(16-17-29(26)31)21-9-8-10-23(19-21)27-14-6-7-18-30-27/h1-20H. The van der Waals surface area contributed by atoms with Crippen molar-refractivity contribution >= 4 is 21.8 Å². The van der Waals surface area contributed by atoms with Gasteiger partial charge in [0.1, 0.15) is 0 Å². The third kappa shape index (κ3) is 3.01. The van der Waals surface area contributed by atoms with Crippen molar-refractivity contribution in [2.24, 2.45) is 0 Å². The Hall–Kier alpha value is -4.17. The Labute approximate surface area is 181 Å². The van der Waals surface area contributed by atoms with Gasteiger partial charge in [0.2, 0.25) is 0 Å². The molecular weight excluding hydrogens is 376 g/mol. The van der Waals surface area contributed by atoms with Gasteiger partial charge < -0.3 is 4.57 Å². The summed E-state index contributed by atoms with van der Waals surface area (Å²) in [6.07, 6.45) is 1.84. The molecule has 2 heterocycles. The molecular formula is C29H20N2. The summed E-state index contributed by atoms with van der Waals surface area (Å²) in [6.45, 7) is 0. The minimum Gasteiger partial charge on any atom is -0.309 e. The van der Waals surface area contributed by atoms with E-state index in [2.05, 4.69) is 113 Å². The fourth-order valence-electron chi connectivity index (χ4n) is 4.40. The van der Waals surface area contributed by atoms with Gasteiger partial charge in [-0.15, -0.1) is 0 Å². The molecule has 0 amide bonds. The number of pyridine rings is 1. The summed E-state index contributed by atoms with van der Waals surface area (Å²) in [5, 5.41) is 2.53. The number of nitrogens with zero attached hydrogens (tertiary/aromatic N) is 2. The molecule has 2 heteroatoms. The predicted molar refractivity (Wildman–Crippen MR) is 129 cm³/mol. The van der Waals surface area contributed by atoms with Gasteiger partial charge in [0, 0.05) is 28.2 Å². The van der Waals surface area contributed by atoms with Gasteiger partial charge in [0.05, 0.1) is 16.7 Å². The van der Waals surface area contributed by atoms with Crippen LogP contribution in [0.1, 0.15) is 0 Å². The Morgan fingerprint density at radius 2 is 1.23 bits per heavy atom. The molecule has 6 aromatic rings. The van der Waals surface area contributed by atoms with Crippen LogP contribution in [0.2, 0.25) is 0 Å². The highest BCUT2D eigenvalue weighted by atomic mass is 15.0. The molecule has 31 heavy (non-hydrogen) atoms. The zero-order chi connectivity index (χ0) is 20.6. The van der Waals surface area contributed by atoms with E-state index in [0.29, 0.717) is 0 Å². The second-order valence-electron chi connectivity index (χ2n) is 7.72. The maximum absolute atomic E-state index is 4.51. The molecule has 0 saturated heterocycles. The van der Waals surface area contributed by atoms with Crippen LogP contribution < -0.4 is 0 Å². The van der Waals surface area contributed by atoms with Crippen LogP contribution in [0.15, 0.2) is 121 Å². The van der Waals surface area contributed by atoms with Crippen LogP contribution in [0, 0.1) is 0 Å². The summed E-state index contributed by atoms with van der Waals surface area (Å²) in [7, 11) is 0. The van der Waals surface area contributed by atoms with Crippen molar-refractivity contribution < 1.29 is 0 Å². The van der Waals surface area contributed by atoms with Crippen molar-refractivity contribution in [3.8, 4) is 28.1 Å². The van der Waals surface area contributed by atoms with Crippen LogP contribution >= 0.6 is 0 Å². The Kier molecular flexibility index (Phi) is 4.14. The van der Waals surface area contributed by atoms with Crippen LogP contribution in [0.4, 0.5) is 0 Å². The molecule has 4 aromatic carbocycles. The number of hydrogen-bond donors (Lipinski definition) is 0. The molecule has 0 N–H and O–H groups in total. The maximum Gasteiger partial charge on any atom is 0.0702 e. The molecule has 0 atom stereocenters. The van der Waals surface area contributed by atoms with Gasteiger partial charge in [-0.2, -0.15) is 0 Å². The summed E-state index contributed by atoms with van der Waals surface area (Å²) < 4.78 is 2.35. The first-order valence-corrected chi connectivity index (χ1v) is 10.5. The third-order valence-electron chi connectivity index (χ3n) is 5.84. The molecule has 0 radical (unpaired) electrons. The van der Waals surface area contributed by atoms with Gasteiger partial charge in [-0.1, -0.05) is 66.7 Å². The summed E-state index contributed by atoms with van der Waals surface area (Å²) in [5.41, 5.74) is 8.15. The highest BCUT2D eigenvalue weighted by Gasteiger charge is 2.13. The molecule has 2 aromatic heterocycles. The van der Waals surface area contributed by atoms with Crippen molar-refractivity contribution in [2.45, 2.75) is 0 Å². The van der Waals surface area contributed by atoms with Gasteiger partial charge in [-0.3, -0.25) is 4.98 Å². The van der Waals surface area contributed by atoms with Crippen LogP contribution in [-0.4, -0.2) is 9.55 Å². The van der Waals surface area contributed by atoms with Crippen molar-refractivity contribution in [1.29, 1.82) is 0 Å². The van der Waals surface area contributed by atoms with Crippen molar-refractivity contribution in [1.82, 2.24) is 9.55 Å². The van der Waals surface area contributed by atoms with Gasteiger partial charge in [-0.05, 0) is 59.7 Å². The first-order valence-electron chi connectivity index (χ1n) is 10.5. The Morgan fingerprint density at radius 1 is 0.484 bits per heavy atom. The topological polar surface area (TPSA) is 17.8 Å². The molecule has 0 aliphatic carbocycles. The monoisotopic (exact) mass is 396 g/mol. The first-order chi connectivity index (χ1) is 15.4. The number of para-hydroxylation sites is 2. The SMILES string of the molecule is c1ccc(-n2c3ccccc3c3cc(-c4cccc(-c5ccccn5)c4)ccc32)cc1. The van der Waals surface area contributed by atoms with Gasteiger partial charge in [0.25, 0.3) is 0 Å².